The predicted octanol–water partition coefficient (Wildman–Crippen LogP) is 3.30. The van der Waals surface area contributed by atoms with Crippen LogP contribution in [-0.4, -0.2) is 40.1 Å². The van der Waals surface area contributed by atoms with Crippen LogP contribution >= 0.6 is 15.9 Å². The summed E-state index contributed by atoms with van der Waals surface area (Å²) in [6.45, 7) is 2.70. The van der Waals surface area contributed by atoms with Crippen LogP contribution in [0.25, 0.3) is 10.9 Å². The van der Waals surface area contributed by atoms with Crippen molar-refractivity contribution < 1.29 is 14.3 Å². The summed E-state index contributed by atoms with van der Waals surface area (Å²) >= 11 is 3.25. The Morgan fingerprint density at radius 3 is 3.00 bits per heavy atom. The summed E-state index contributed by atoms with van der Waals surface area (Å²) in [5.41, 5.74) is 0.982. The number of fused-ring (bicyclic) bond motifs is 1. The minimum absolute atomic E-state index is 0.0192. The van der Waals surface area contributed by atoms with E-state index in [1.54, 1.807) is 17.0 Å². The number of likely N-dealkylation sites (tertiary alicyclic amines) is 1. The number of carbonyl (C=O) groups excluding carboxylic acids is 1. The molecule has 1 aliphatic heterocycles. The van der Waals surface area contributed by atoms with Gasteiger partial charge in [0.05, 0.1) is 5.52 Å². The number of hydrogen-bond donors (Lipinski definition) is 2. The third-order valence-corrected chi connectivity index (χ3v) is 4.98. The zero-order valence-corrected chi connectivity index (χ0v) is 13.9. The Balaban J connectivity index is 1.93. The number of benzene rings is 1. The van der Waals surface area contributed by atoms with E-state index in [9.17, 15) is 14.3 Å². The molecule has 118 valence electrons. The average molecular weight is 369 g/mol. The number of carbonyl (C=O) groups is 1. The van der Waals surface area contributed by atoms with E-state index in [0.717, 1.165) is 12.8 Å². The number of amides is 1. The van der Waals surface area contributed by atoms with Crippen LogP contribution in [-0.2, 0) is 0 Å². The monoisotopic (exact) mass is 368 g/mol. The van der Waals surface area contributed by atoms with Crippen molar-refractivity contribution >= 4 is 32.7 Å². The highest BCUT2D eigenvalue weighted by molar-refractivity contribution is 9.10. The first-order valence-electron chi connectivity index (χ1n) is 7.41. The van der Waals surface area contributed by atoms with Gasteiger partial charge < -0.3 is 15.0 Å². The number of piperidine rings is 1. The van der Waals surface area contributed by atoms with Gasteiger partial charge in [-0.1, -0.05) is 15.9 Å². The second-order valence-electron chi connectivity index (χ2n) is 5.86. The molecule has 22 heavy (non-hydrogen) atoms. The zero-order chi connectivity index (χ0) is 15.9. The number of nitrogens with one attached hydrogen (secondary N) is 1. The molecule has 1 aliphatic rings. The third kappa shape index (κ3) is 2.65. The highest BCUT2D eigenvalue weighted by Crippen LogP contribution is 2.27. The number of hydrogen-bond acceptors (Lipinski definition) is 2. The number of aromatic amines is 1. The molecule has 2 unspecified atom stereocenters. The topological polar surface area (TPSA) is 56.3 Å². The van der Waals surface area contributed by atoms with Crippen LogP contribution in [0.3, 0.4) is 0 Å². The van der Waals surface area contributed by atoms with Gasteiger partial charge in [0.1, 0.15) is 11.5 Å². The van der Waals surface area contributed by atoms with Crippen LogP contribution in [0.4, 0.5) is 4.39 Å². The van der Waals surface area contributed by atoms with Crippen molar-refractivity contribution in [2.75, 3.05) is 13.2 Å². The number of aromatic nitrogens is 1. The highest BCUT2D eigenvalue weighted by atomic mass is 79.9. The SMILES string of the molecule is CC1C(CO)CCCN1C(=O)c1cc2c(F)cc(Br)cc2[nH]1. The van der Waals surface area contributed by atoms with Gasteiger partial charge in [-0.2, -0.15) is 0 Å². The molecular formula is C16H18BrFN2O2. The van der Waals surface area contributed by atoms with Crippen molar-refractivity contribution in [1.29, 1.82) is 0 Å². The summed E-state index contributed by atoms with van der Waals surface area (Å²) in [5.74, 6) is -0.398. The van der Waals surface area contributed by atoms with E-state index >= 15 is 0 Å². The van der Waals surface area contributed by atoms with Crippen LogP contribution in [0, 0.1) is 11.7 Å². The first kappa shape index (κ1) is 15.5. The van der Waals surface area contributed by atoms with Gasteiger partial charge in [0.15, 0.2) is 0 Å². The smallest absolute Gasteiger partial charge is 0.270 e. The second-order valence-corrected chi connectivity index (χ2v) is 6.77. The number of rotatable bonds is 2. The number of aliphatic hydroxyl groups is 1. The number of H-pyrrole nitrogens is 1. The third-order valence-electron chi connectivity index (χ3n) is 4.53. The van der Waals surface area contributed by atoms with Gasteiger partial charge in [-0.15, -0.1) is 0 Å². The molecule has 4 nitrogen and oxygen atoms in total. The lowest BCUT2D eigenvalue weighted by atomic mass is 9.91. The molecule has 0 bridgehead atoms. The molecular weight excluding hydrogens is 351 g/mol. The number of nitrogens with zero attached hydrogens (tertiary/aromatic N) is 1. The van der Waals surface area contributed by atoms with E-state index < -0.39 is 0 Å². The predicted molar refractivity (Wildman–Crippen MR) is 86.3 cm³/mol. The molecule has 2 heterocycles. The van der Waals surface area contributed by atoms with Crippen molar-refractivity contribution in [1.82, 2.24) is 9.88 Å². The first-order chi connectivity index (χ1) is 10.5. The molecule has 2 aromatic rings. The van der Waals surface area contributed by atoms with E-state index in [1.165, 1.54) is 6.07 Å². The fourth-order valence-electron chi connectivity index (χ4n) is 3.18. The normalized spacial score (nSPS) is 22.3. The van der Waals surface area contributed by atoms with Crippen LogP contribution < -0.4 is 0 Å². The zero-order valence-electron chi connectivity index (χ0n) is 12.3. The Morgan fingerprint density at radius 1 is 1.50 bits per heavy atom. The first-order valence-corrected chi connectivity index (χ1v) is 8.20. The van der Waals surface area contributed by atoms with Crippen LogP contribution in [0.1, 0.15) is 30.3 Å². The minimum atomic E-state index is -0.361. The Kier molecular flexibility index (Phi) is 4.23. The van der Waals surface area contributed by atoms with E-state index in [1.807, 2.05) is 6.92 Å². The van der Waals surface area contributed by atoms with E-state index in [0.29, 0.717) is 27.6 Å². The van der Waals surface area contributed by atoms with Gasteiger partial charge >= 0.3 is 0 Å². The Morgan fingerprint density at radius 2 is 2.27 bits per heavy atom. The Labute approximate surface area is 136 Å². The molecule has 1 aromatic carbocycles. The molecule has 2 N–H and O–H groups in total. The summed E-state index contributed by atoms with van der Waals surface area (Å²) < 4.78 is 14.6. The number of halogens is 2. The van der Waals surface area contributed by atoms with Crippen molar-refractivity contribution in [2.24, 2.45) is 5.92 Å². The fourth-order valence-corrected chi connectivity index (χ4v) is 3.61. The summed E-state index contributed by atoms with van der Waals surface area (Å²) in [6.07, 6.45) is 1.80. The van der Waals surface area contributed by atoms with Crippen molar-refractivity contribution in [3.63, 3.8) is 0 Å². The molecule has 0 saturated carbocycles. The molecule has 0 spiro atoms. The quantitative estimate of drug-likeness (QED) is 0.854. The second kappa shape index (κ2) is 6.01. The summed E-state index contributed by atoms with van der Waals surface area (Å²) in [5, 5.41) is 9.82. The van der Waals surface area contributed by atoms with Gasteiger partial charge in [-0.25, -0.2) is 4.39 Å². The highest BCUT2D eigenvalue weighted by Gasteiger charge is 2.31. The van der Waals surface area contributed by atoms with Gasteiger partial charge in [0, 0.05) is 35.0 Å². The maximum absolute atomic E-state index is 14.0. The maximum atomic E-state index is 14.0. The summed E-state index contributed by atoms with van der Waals surface area (Å²) in [4.78, 5) is 17.5. The van der Waals surface area contributed by atoms with E-state index in [2.05, 4.69) is 20.9 Å². The maximum Gasteiger partial charge on any atom is 0.270 e. The van der Waals surface area contributed by atoms with Crippen LogP contribution in [0.5, 0.6) is 0 Å². The minimum Gasteiger partial charge on any atom is -0.396 e. The standard InChI is InChI=1S/C16H18BrFN2O2/c1-9-10(8-21)3-2-4-20(9)16(22)15-7-12-13(18)5-11(17)6-14(12)19-15/h5-7,9-10,19,21H,2-4,8H2,1H3. The molecule has 6 heteroatoms. The molecule has 1 amide bonds. The molecule has 0 radical (unpaired) electrons. The van der Waals surface area contributed by atoms with Crippen LogP contribution in [0.15, 0.2) is 22.7 Å². The van der Waals surface area contributed by atoms with E-state index in [4.69, 9.17) is 0 Å². The lowest BCUT2D eigenvalue weighted by Gasteiger charge is -2.38. The Hall–Kier alpha value is -1.40. The largest absolute Gasteiger partial charge is 0.396 e. The molecule has 0 aliphatic carbocycles. The average Bonchev–Trinajstić information content (AvgIpc) is 2.91. The lowest BCUT2D eigenvalue weighted by molar-refractivity contribution is 0.0424. The molecule has 1 aromatic heterocycles. The van der Waals surface area contributed by atoms with Crippen LogP contribution in [0.2, 0.25) is 0 Å². The lowest BCUT2D eigenvalue weighted by Crippen LogP contribution is -2.47. The van der Waals surface area contributed by atoms with E-state index in [-0.39, 0.29) is 30.3 Å². The molecule has 1 saturated heterocycles. The summed E-state index contributed by atoms with van der Waals surface area (Å²) in [7, 11) is 0. The molecule has 3 rings (SSSR count). The Bertz CT molecular complexity index is 715. The fraction of sp³-hybridized carbons (Fsp3) is 0.438. The summed E-state index contributed by atoms with van der Waals surface area (Å²) in [6, 6.07) is 4.68. The van der Waals surface area contributed by atoms with Gasteiger partial charge in [0.25, 0.3) is 5.91 Å². The van der Waals surface area contributed by atoms with Crippen molar-refractivity contribution in [3.05, 3.63) is 34.2 Å². The van der Waals surface area contributed by atoms with Gasteiger partial charge in [0.2, 0.25) is 0 Å². The van der Waals surface area contributed by atoms with Crippen molar-refractivity contribution in [3.8, 4) is 0 Å². The molecule has 2 atom stereocenters. The van der Waals surface area contributed by atoms with Gasteiger partial charge in [-0.05, 0) is 38.0 Å². The van der Waals surface area contributed by atoms with Crippen molar-refractivity contribution in [2.45, 2.75) is 25.8 Å². The number of aliphatic hydroxyl groups excluding tert-OH is 1. The van der Waals surface area contributed by atoms with Gasteiger partial charge in [-0.3, -0.25) is 4.79 Å². The molecule has 1 fully saturated rings.